The molecule has 1 aromatic heterocycles. The molecule has 1 saturated heterocycles. The molecule has 4 rings (SSSR count). The molecule has 2 atom stereocenters. The lowest BCUT2D eigenvalue weighted by Crippen LogP contribution is -2.35. The van der Waals surface area contributed by atoms with Crippen LogP contribution in [0.3, 0.4) is 0 Å². The first-order valence-electron chi connectivity index (χ1n) is 10.2. The number of pyridine rings is 1. The Balaban J connectivity index is 1.74. The van der Waals surface area contributed by atoms with Crippen molar-refractivity contribution in [1.82, 2.24) is 9.88 Å². The van der Waals surface area contributed by atoms with Crippen molar-refractivity contribution in [2.24, 2.45) is 0 Å². The smallest absolute Gasteiger partial charge is 0.210 e. The van der Waals surface area contributed by atoms with Gasteiger partial charge in [0.15, 0.2) is 0 Å². The number of carbonyl (C=O) groups is 1. The summed E-state index contributed by atoms with van der Waals surface area (Å²) in [6.07, 6.45) is 3.81. The van der Waals surface area contributed by atoms with Crippen molar-refractivity contribution < 1.29 is 13.6 Å². The monoisotopic (exact) mass is 475 g/mol. The minimum atomic E-state index is -0.465. The Morgan fingerprint density at radius 1 is 1.16 bits per heavy atom. The second-order valence-electron chi connectivity index (χ2n) is 7.89. The molecule has 1 aliphatic rings. The lowest BCUT2D eigenvalue weighted by molar-refractivity contribution is -0.121. The average Bonchev–Trinajstić information content (AvgIpc) is 2.79. The van der Waals surface area contributed by atoms with E-state index in [0.717, 1.165) is 24.0 Å². The van der Waals surface area contributed by atoms with Gasteiger partial charge in [0.2, 0.25) is 6.41 Å². The highest BCUT2D eigenvalue weighted by Crippen LogP contribution is 2.43. The van der Waals surface area contributed by atoms with E-state index in [1.165, 1.54) is 30.3 Å². The van der Waals surface area contributed by atoms with Crippen LogP contribution in [0.15, 0.2) is 48.7 Å². The predicted molar refractivity (Wildman–Crippen MR) is 123 cm³/mol. The molecular weight excluding hydrogens is 455 g/mol. The highest BCUT2D eigenvalue weighted by Gasteiger charge is 2.32. The number of hydrogen-bond donors (Lipinski definition) is 1. The fraction of sp³-hybridized carbons (Fsp3) is 0.250. The summed E-state index contributed by atoms with van der Waals surface area (Å²) in [5.74, 6) is -0.625. The van der Waals surface area contributed by atoms with Crippen LogP contribution in [0.4, 0.5) is 20.2 Å². The SMILES string of the molecule is Cc1c(Cl)ncc(C2CC(c3ccc(F)cc3)CCN2C=O)c1Nc1cc(Cl)ccc1F. The van der Waals surface area contributed by atoms with Crippen LogP contribution in [0, 0.1) is 18.6 Å². The number of hydrogen-bond acceptors (Lipinski definition) is 3. The molecule has 0 bridgehead atoms. The molecule has 1 aliphatic heterocycles. The maximum atomic E-state index is 14.5. The summed E-state index contributed by atoms with van der Waals surface area (Å²) in [7, 11) is 0. The molecule has 2 heterocycles. The van der Waals surface area contributed by atoms with Gasteiger partial charge < -0.3 is 10.2 Å². The largest absolute Gasteiger partial charge is 0.352 e. The number of likely N-dealkylation sites (tertiary alicyclic amines) is 1. The summed E-state index contributed by atoms with van der Waals surface area (Å²) in [6, 6.07) is 10.4. The minimum Gasteiger partial charge on any atom is -0.352 e. The molecule has 0 aliphatic carbocycles. The summed E-state index contributed by atoms with van der Waals surface area (Å²) in [5, 5.41) is 3.78. The molecule has 1 fully saturated rings. The molecule has 2 unspecified atom stereocenters. The van der Waals surface area contributed by atoms with Gasteiger partial charge >= 0.3 is 0 Å². The van der Waals surface area contributed by atoms with Gasteiger partial charge in [0.1, 0.15) is 16.8 Å². The Morgan fingerprint density at radius 3 is 2.62 bits per heavy atom. The molecule has 4 nitrogen and oxygen atoms in total. The Labute approximate surface area is 195 Å². The molecule has 0 saturated carbocycles. The average molecular weight is 476 g/mol. The number of aromatic nitrogens is 1. The zero-order valence-corrected chi connectivity index (χ0v) is 18.8. The number of nitrogens with one attached hydrogen (secondary N) is 1. The van der Waals surface area contributed by atoms with Crippen LogP contribution in [-0.2, 0) is 4.79 Å². The van der Waals surface area contributed by atoms with Crippen LogP contribution in [-0.4, -0.2) is 22.8 Å². The van der Waals surface area contributed by atoms with Crippen LogP contribution >= 0.6 is 23.2 Å². The van der Waals surface area contributed by atoms with E-state index in [4.69, 9.17) is 23.2 Å². The van der Waals surface area contributed by atoms with Gasteiger partial charge in [-0.25, -0.2) is 13.8 Å². The van der Waals surface area contributed by atoms with Gasteiger partial charge in [-0.3, -0.25) is 4.79 Å². The van der Waals surface area contributed by atoms with Crippen molar-refractivity contribution in [2.45, 2.75) is 31.7 Å². The van der Waals surface area contributed by atoms with Crippen LogP contribution in [0.1, 0.15) is 41.5 Å². The highest BCUT2D eigenvalue weighted by atomic mass is 35.5. The Bertz CT molecular complexity index is 1140. The molecule has 0 spiro atoms. The van der Waals surface area contributed by atoms with Gasteiger partial charge in [-0.15, -0.1) is 0 Å². The topological polar surface area (TPSA) is 45.2 Å². The Kier molecular flexibility index (Phi) is 6.63. The molecule has 166 valence electrons. The van der Waals surface area contributed by atoms with Crippen LogP contribution < -0.4 is 5.32 Å². The Morgan fingerprint density at radius 2 is 1.91 bits per heavy atom. The first-order chi connectivity index (χ1) is 15.4. The van der Waals surface area contributed by atoms with Crippen molar-refractivity contribution in [3.8, 4) is 0 Å². The first-order valence-corrected chi connectivity index (χ1v) is 11.0. The quantitative estimate of drug-likeness (QED) is 0.326. The molecule has 0 radical (unpaired) electrons. The number of piperidine rings is 1. The van der Waals surface area contributed by atoms with Gasteiger partial charge in [-0.1, -0.05) is 35.3 Å². The predicted octanol–water partition coefficient (Wildman–Crippen LogP) is 6.80. The zero-order chi connectivity index (χ0) is 22.8. The Hall–Kier alpha value is -2.70. The number of rotatable bonds is 5. The highest BCUT2D eigenvalue weighted by molar-refractivity contribution is 6.31. The zero-order valence-electron chi connectivity index (χ0n) is 17.3. The van der Waals surface area contributed by atoms with E-state index in [1.54, 1.807) is 30.2 Å². The van der Waals surface area contributed by atoms with Crippen molar-refractivity contribution >= 4 is 41.0 Å². The van der Waals surface area contributed by atoms with E-state index in [0.29, 0.717) is 29.2 Å². The molecule has 32 heavy (non-hydrogen) atoms. The second kappa shape index (κ2) is 9.43. The van der Waals surface area contributed by atoms with Crippen molar-refractivity contribution in [1.29, 1.82) is 0 Å². The van der Waals surface area contributed by atoms with Crippen LogP contribution in [0.2, 0.25) is 10.2 Å². The molecule has 3 aromatic rings. The van der Waals surface area contributed by atoms with E-state index < -0.39 is 5.82 Å². The van der Waals surface area contributed by atoms with Gasteiger partial charge in [0.05, 0.1) is 17.4 Å². The fourth-order valence-electron chi connectivity index (χ4n) is 4.21. The minimum absolute atomic E-state index is 0.128. The van der Waals surface area contributed by atoms with Crippen molar-refractivity contribution in [3.05, 3.63) is 87.2 Å². The third kappa shape index (κ3) is 4.57. The summed E-state index contributed by atoms with van der Waals surface area (Å²) in [6.45, 7) is 2.32. The van der Waals surface area contributed by atoms with Crippen molar-refractivity contribution in [3.63, 3.8) is 0 Å². The van der Waals surface area contributed by atoms with E-state index >= 15 is 0 Å². The lowest BCUT2D eigenvalue weighted by atomic mass is 9.82. The number of carbonyl (C=O) groups excluding carboxylic acids is 1. The molecule has 1 amide bonds. The summed E-state index contributed by atoms with van der Waals surface area (Å²) in [5.41, 5.74) is 3.16. The number of halogens is 4. The van der Waals surface area contributed by atoms with E-state index in [1.807, 2.05) is 0 Å². The normalized spacial score (nSPS) is 18.5. The van der Waals surface area contributed by atoms with Gasteiger partial charge in [0, 0.05) is 28.9 Å². The number of anilines is 2. The van der Waals surface area contributed by atoms with Crippen molar-refractivity contribution in [2.75, 3.05) is 11.9 Å². The number of amides is 1. The van der Waals surface area contributed by atoms with E-state index in [2.05, 4.69) is 10.3 Å². The summed E-state index contributed by atoms with van der Waals surface area (Å²) < 4.78 is 27.8. The van der Waals surface area contributed by atoms with Gasteiger partial charge in [-0.05, 0) is 61.6 Å². The second-order valence-corrected chi connectivity index (χ2v) is 8.68. The van der Waals surface area contributed by atoms with Gasteiger partial charge in [-0.2, -0.15) is 0 Å². The summed E-state index contributed by atoms with van der Waals surface area (Å²) >= 11 is 12.3. The summed E-state index contributed by atoms with van der Waals surface area (Å²) in [4.78, 5) is 17.9. The third-order valence-corrected chi connectivity index (χ3v) is 6.57. The number of benzene rings is 2. The van der Waals surface area contributed by atoms with Crippen LogP contribution in [0.25, 0.3) is 0 Å². The first kappa shape index (κ1) is 22.5. The lowest BCUT2D eigenvalue weighted by Gasteiger charge is -2.38. The molecular formula is C24H21Cl2F2N3O. The van der Waals surface area contributed by atoms with E-state index in [9.17, 15) is 13.6 Å². The van der Waals surface area contributed by atoms with Gasteiger partial charge in [0.25, 0.3) is 0 Å². The molecule has 2 aromatic carbocycles. The molecule has 1 N–H and O–H groups in total. The molecule has 8 heteroatoms. The number of nitrogens with zero attached hydrogens (tertiary/aromatic N) is 2. The van der Waals surface area contributed by atoms with E-state index in [-0.39, 0.29) is 28.6 Å². The standard InChI is InChI=1S/C24H21Cl2F2N3O/c1-14-23(30-21-11-17(25)4-7-20(21)28)19(12-29-24(14)26)22-10-16(8-9-31(22)13-32)15-2-5-18(27)6-3-15/h2-7,11-13,16,22H,8-10H2,1H3,(H,29,30). The maximum Gasteiger partial charge on any atom is 0.210 e. The fourth-order valence-corrected chi connectivity index (χ4v) is 4.52. The van der Waals surface area contributed by atoms with Crippen LogP contribution in [0.5, 0.6) is 0 Å². The maximum absolute atomic E-state index is 14.5. The third-order valence-electron chi connectivity index (χ3n) is 5.96.